The average Bonchev–Trinajstić information content (AvgIpc) is 3.12. The van der Waals surface area contributed by atoms with Crippen LogP contribution in [-0.2, 0) is 6.54 Å². The molecule has 0 aliphatic heterocycles. The molecule has 1 aromatic heterocycles. The van der Waals surface area contributed by atoms with Crippen LogP contribution in [0.5, 0.6) is 0 Å². The van der Waals surface area contributed by atoms with Crippen molar-refractivity contribution < 1.29 is 4.79 Å². The fourth-order valence-electron chi connectivity index (χ4n) is 2.15. The highest BCUT2D eigenvalue weighted by Crippen LogP contribution is 2.32. The van der Waals surface area contributed by atoms with Gasteiger partial charge in [-0.3, -0.25) is 4.79 Å². The van der Waals surface area contributed by atoms with E-state index in [1.807, 2.05) is 10.3 Å². The first-order valence-electron chi connectivity index (χ1n) is 6.42. The van der Waals surface area contributed by atoms with Crippen molar-refractivity contribution in [2.75, 3.05) is 0 Å². The van der Waals surface area contributed by atoms with Crippen LogP contribution in [0.4, 0.5) is 0 Å². The van der Waals surface area contributed by atoms with Gasteiger partial charge in [-0.15, -0.1) is 0 Å². The van der Waals surface area contributed by atoms with Crippen molar-refractivity contribution >= 4 is 40.4 Å². The third kappa shape index (κ3) is 3.00. The molecule has 2 aromatic rings. The Kier molecular flexibility index (Phi) is 4.01. The fourth-order valence-corrected chi connectivity index (χ4v) is 3.30. The van der Waals surface area contributed by atoms with Gasteiger partial charge in [0.25, 0.3) is 5.91 Å². The zero-order valence-corrected chi connectivity index (χ0v) is 13.0. The Hall–Kier alpha value is -1.03. The molecule has 0 N–H and O–H groups in total. The molecule has 1 aliphatic carbocycles. The summed E-state index contributed by atoms with van der Waals surface area (Å²) in [4.78, 5) is 14.6. The highest BCUT2D eigenvalue weighted by Gasteiger charge is 2.33. The highest BCUT2D eigenvalue weighted by molar-refractivity contribution is 7.07. The zero-order valence-electron chi connectivity index (χ0n) is 10.7. The Balaban J connectivity index is 1.85. The maximum atomic E-state index is 12.7. The summed E-state index contributed by atoms with van der Waals surface area (Å²) >= 11 is 13.7. The van der Waals surface area contributed by atoms with Gasteiger partial charge in [0, 0.05) is 17.6 Å². The minimum atomic E-state index is -0.0135. The van der Waals surface area contributed by atoms with Gasteiger partial charge in [-0.1, -0.05) is 23.2 Å². The Labute approximate surface area is 131 Å². The van der Waals surface area contributed by atoms with E-state index in [0.717, 1.165) is 12.8 Å². The number of benzene rings is 1. The van der Waals surface area contributed by atoms with Crippen LogP contribution in [0.1, 0.15) is 28.8 Å². The van der Waals surface area contributed by atoms with Crippen LogP contribution in [0, 0.1) is 0 Å². The van der Waals surface area contributed by atoms with Crippen LogP contribution in [0.3, 0.4) is 0 Å². The quantitative estimate of drug-likeness (QED) is 0.786. The van der Waals surface area contributed by atoms with Crippen molar-refractivity contribution in [1.29, 1.82) is 0 Å². The summed E-state index contributed by atoms with van der Waals surface area (Å²) in [5.74, 6) is -0.0135. The maximum Gasteiger partial charge on any atom is 0.255 e. The fraction of sp³-hybridized carbons (Fsp3) is 0.267. The number of hydrogen-bond acceptors (Lipinski definition) is 2. The Morgan fingerprint density at radius 2 is 2.10 bits per heavy atom. The van der Waals surface area contributed by atoms with E-state index in [1.165, 1.54) is 5.56 Å². The number of rotatable bonds is 4. The smallest absolute Gasteiger partial charge is 0.255 e. The minimum absolute atomic E-state index is 0.0135. The number of amides is 1. The molecule has 20 heavy (non-hydrogen) atoms. The van der Waals surface area contributed by atoms with E-state index in [0.29, 0.717) is 28.2 Å². The first-order valence-corrected chi connectivity index (χ1v) is 8.12. The predicted octanol–water partition coefficient (Wildman–Crippen LogP) is 4.86. The molecule has 0 bridgehead atoms. The second-order valence-electron chi connectivity index (χ2n) is 4.92. The third-order valence-electron chi connectivity index (χ3n) is 3.34. The molecule has 1 aliphatic rings. The Bertz CT molecular complexity index is 623. The van der Waals surface area contributed by atoms with Crippen LogP contribution in [0.15, 0.2) is 35.0 Å². The normalized spacial score (nSPS) is 14.3. The first kappa shape index (κ1) is 13.9. The maximum absolute atomic E-state index is 12.7. The standard InChI is InChI=1S/C15H13Cl2NOS/c16-11-1-4-13(14(17)7-11)15(19)18(12-2-3-12)8-10-5-6-20-9-10/h1,4-7,9,12H,2-3,8H2. The molecule has 3 rings (SSSR count). The summed E-state index contributed by atoms with van der Waals surface area (Å²) in [5, 5.41) is 5.06. The topological polar surface area (TPSA) is 20.3 Å². The number of nitrogens with zero attached hydrogens (tertiary/aromatic N) is 1. The number of carbonyl (C=O) groups is 1. The monoisotopic (exact) mass is 325 g/mol. The molecule has 1 aromatic carbocycles. The molecule has 104 valence electrons. The van der Waals surface area contributed by atoms with Gasteiger partial charge in [-0.25, -0.2) is 0 Å². The average molecular weight is 326 g/mol. The molecule has 0 unspecified atom stereocenters. The van der Waals surface area contributed by atoms with Gasteiger partial charge < -0.3 is 4.90 Å². The third-order valence-corrected chi connectivity index (χ3v) is 4.62. The molecule has 0 spiro atoms. The molecular formula is C15H13Cl2NOS. The van der Waals surface area contributed by atoms with Gasteiger partial charge in [-0.2, -0.15) is 11.3 Å². The summed E-state index contributed by atoms with van der Waals surface area (Å²) < 4.78 is 0. The van der Waals surface area contributed by atoms with Crippen LogP contribution >= 0.6 is 34.5 Å². The Morgan fingerprint density at radius 3 is 2.70 bits per heavy atom. The van der Waals surface area contributed by atoms with E-state index < -0.39 is 0 Å². The van der Waals surface area contributed by atoms with Crippen molar-refractivity contribution in [3.63, 3.8) is 0 Å². The largest absolute Gasteiger partial charge is 0.331 e. The second kappa shape index (κ2) is 5.76. The lowest BCUT2D eigenvalue weighted by Crippen LogP contribution is -2.32. The van der Waals surface area contributed by atoms with Crippen molar-refractivity contribution in [1.82, 2.24) is 4.90 Å². The lowest BCUT2D eigenvalue weighted by atomic mass is 10.2. The molecule has 1 fully saturated rings. The molecule has 0 saturated heterocycles. The summed E-state index contributed by atoms with van der Waals surface area (Å²) in [6, 6.07) is 7.42. The summed E-state index contributed by atoms with van der Waals surface area (Å²) in [6.45, 7) is 0.645. The first-order chi connectivity index (χ1) is 9.65. The lowest BCUT2D eigenvalue weighted by Gasteiger charge is -2.22. The summed E-state index contributed by atoms with van der Waals surface area (Å²) in [7, 11) is 0. The van der Waals surface area contributed by atoms with Gasteiger partial charge in [0.15, 0.2) is 0 Å². The molecule has 1 amide bonds. The zero-order chi connectivity index (χ0) is 14.1. The number of thiophene rings is 1. The molecule has 1 saturated carbocycles. The highest BCUT2D eigenvalue weighted by atomic mass is 35.5. The van der Waals surface area contributed by atoms with Crippen LogP contribution < -0.4 is 0 Å². The van der Waals surface area contributed by atoms with E-state index >= 15 is 0 Å². The van der Waals surface area contributed by atoms with E-state index in [-0.39, 0.29) is 5.91 Å². The van der Waals surface area contributed by atoms with Gasteiger partial charge in [0.1, 0.15) is 0 Å². The predicted molar refractivity (Wildman–Crippen MR) is 83.7 cm³/mol. The number of hydrogen-bond donors (Lipinski definition) is 0. The second-order valence-corrected chi connectivity index (χ2v) is 6.54. The van der Waals surface area contributed by atoms with Gasteiger partial charge in [0.2, 0.25) is 0 Å². The molecule has 2 nitrogen and oxygen atoms in total. The Morgan fingerprint density at radius 1 is 1.30 bits per heavy atom. The molecule has 1 heterocycles. The minimum Gasteiger partial charge on any atom is -0.331 e. The van der Waals surface area contributed by atoms with Crippen molar-refractivity contribution in [3.05, 3.63) is 56.2 Å². The molecular weight excluding hydrogens is 313 g/mol. The van der Waals surface area contributed by atoms with Crippen LogP contribution in [0.25, 0.3) is 0 Å². The summed E-state index contributed by atoms with van der Waals surface area (Å²) in [5.41, 5.74) is 1.69. The van der Waals surface area contributed by atoms with Crippen molar-refractivity contribution in [2.24, 2.45) is 0 Å². The molecule has 0 atom stereocenters. The van der Waals surface area contributed by atoms with Crippen LogP contribution in [0.2, 0.25) is 10.0 Å². The van der Waals surface area contributed by atoms with Crippen molar-refractivity contribution in [2.45, 2.75) is 25.4 Å². The molecule has 5 heteroatoms. The van der Waals surface area contributed by atoms with Gasteiger partial charge in [-0.05, 0) is 53.4 Å². The summed E-state index contributed by atoms with van der Waals surface area (Å²) in [6.07, 6.45) is 2.14. The van der Waals surface area contributed by atoms with E-state index in [4.69, 9.17) is 23.2 Å². The lowest BCUT2D eigenvalue weighted by molar-refractivity contribution is 0.0730. The molecule has 0 radical (unpaired) electrons. The van der Waals surface area contributed by atoms with E-state index in [9.17, 15) is 4.79 Å². The number of halogens is 2. The van der Waals surface area contributed by atoms with Crippen LogP contribution in [-0.4, -0.2) is 16.8 Å². The van der Waals surface area contributed by atoms with E-state index in [2.05, 4.69) is 11.4 Å². The van der Waals surface area contributed by atoms with E-state index in [1.54, 1.807) is 29.5 Å². The SMILES string of the molecule is O=C(c1ccc(Cl)cc1Cl)N(Cc1ccsc1)C1CC1. The van der Waals surface area contributed by atoms with Crippen molar-refractivity contribution in [3.8, 4) is 0 Å². The van der Waals surface area contributed by atoms with Gasteiger partial charge in [0.05, 0.1) is 10.6 Å². The van der Waals surface area contributed by atoms with Gasteiger partial charge >= 0.3 is 0 Å². The number of carbonyl (C=O) groups excluding carboxylic acids is 1.